The zero-order valence-electron chi connectivity index (χ0n) is 10.4. The van der Waals surface area contributed by atoms with Crippen molar-refractivity contribution in [1.29, 1.82) is 0 Å². The van der Waals surface area contributed by atoms with Gasteiger partial charge in [0, 0.05) is 17.1 Å². The second-order valence-corrected chi connectivity index (χ2v) is 4.53. The first-order valence-electron chi connectivity index (χ1n) is 5.72. The molecule has 2 rings (SSSR count). The molecule has 0 aliphatic heterocycles. The molecule has 0 spiro atoms. The van der Waals surface area contributed by atoms with E-state index in [1.165, 1.54) is 11.4 Å². The third kappa shape index (κ3) is 1.87. The molecule has 0 saturated heterocycles. The zero-order chi connectivity index (χ0) is 11.7. The molecule has 84 valence electrons. The second kappa shape index (κ2) is 4.12. The molecule has 2 aromatic rings. The monoisotopic (exact) mass is 214 g/mol. The summed E-state index contributed by atoms with van der Waals surface area (Å²) < 4.78 is 2.19. The third-order valence-electron chi connectivity index (χ3n) is 2.85. The molecule has 0 aromatic carbocycles. The highest BCUT2D eigenvalue weighted by Crippen LogP contribution is 2.17. The Labute approximate surface area is 97.0 Å². The van der Waals surface area contributed by atoms with Crippen molar-refractivity contribution in [3.8, 4) is 5.82 Å². The van der Waals surface area contributed by atoms with Gasteiger partial charge < -0.3 is 4.57 Å². The molecule has 0 N–H and O–H groups in total. The van der Waals surface area contributed by atoms with Gasteiger partial charge in [-0.25, -0.2) is 4.98 Å². The Balaban J connectivity index is 2.52. The van der Waals surface area contributed by atoms with Gasteiger partial charge in [-0.3, -0.25) is 0 Å². The summed E-state index contributed by atoms with van der Waals surface area (Å²) in [6.07, 6.45) is 0. The van der Waals surface area contributed by atoms with Crippen LogP contribution in [0.4, 0.5) is 0 Å². The van der Waals surface area contributed by atoms with Crippen LogP contribution in [0.25, 0.3) is 5.82 Å². The standard InChI is InChI=1S/C14H18N2/c1-10(2)13-6-5-7-14(15-13)16-11(3)8-9-12(16)4/h5-10H,1-4H3. The van der Waals surface area contributed by atoms with E-state index in [1.807, 2.05) is 0 Å². The van der Waals surface area contributed by atoms with E-state index in [9.17, 15) is 0 Å². The molecule has 0 amide bonds. The lowest BCUT2D eigenvalue weighted by atomic mass is 10.1. The summed E-state index contributed by atoms with van der Waals surface area (Å²) in [5.74, 6) is 1.49. The van der Waals surface area contributed by atoms with Gasteiger partial charge in [-0.2, -0.15) is 0 Å². The van der Waals surface area contributed by atoms with Crippen LogP contribution in [0.5, 0.6) is 0 Å². The van der Waals surface area contributed by atoms with Crippen LogP contribution >= 0.6 is 0 Å². The zero-order valence-corrected chi connectivity index (χ0v) is 10.4. The van der Waals surface area contributed by atoms with Gasteiger partial charge in [-0.15, -0.1) is 0 Å². The Morgan fingerprint density at radius 1 is 1.00 bits per heavy atom. The number of hydrogen-bond acceptors (Lipinski definition) is 1. The van der Waals surface area contributed by atoms with Crippen molar-refractivity contribution >= 4 is 0 Å². The second-order valence-electron chi connectivity index (χ2n) is 4.53. The van der Waals surface area contributed by atoms with Crippen molar-refractivity contribution < 1.29 is 0 Å². The molecular formula is C14H18N2. The highest BCUT2D eigenvalue weighted by molar-refractivity contribution is 5.32. The summed E-state index contributed by atoms with van der Waals surface area (Å²) in [6.45, 7) is 8.55. The molecule has 0 atom stereocenters. The largest absolute Gasteiger partial charge is 0.303 e. The minimum atomic E-state index is 0.469. The molecule has 0 aliphatic rings. The third-order valence-corrected chi connectivity index (χ3v) is 2.85. The molecule has 2 heterocycles. The predicted octanol–water partition coefficient (Wildman–Crippen LogP) is 3.61. The van der Waals surface area contributed by atoms with Gasteiger partial charge in [-0.05, 0) is 44.0 Å². The van der Waals surface area contributed by atoms with Gasteiger partial charge in [0.15, 0.2) is 0 Å². The fourth-order valence-corrected chi connectivity index (χ4v) is 1.92. The number of rotatable bonds is 2. The van der Waals surface area contributed by atoms with E-state index < -0.39 is 0 Å². The highest BCUT2D eigenvalue weighted by atomic mass is 15.1. The van der Waals surface area contributed by atoms with Crippen molar-refractivity contribution in [2.45, 2.75) is 33.6 Å². The smallest absolute Gasteiger partial charge is 0.137 e. The van der Waals surface area contributed by atoms with Gasteiger partial charge >= 0.3 is 0 Å². The van der Waals surface area contributed by atoms with Crippen LogP contribution in [-0.2, 0) is 0 Å². The first kappa shape index (κ1) is 10.9. The Kier molecular flexibility index (Phi) is 2.82. The summed E-state index contributed by atoms with van der Waals surface area (Å²) in [5.41, 5.74) is 3.60. The Bertz CT molecular complexity index is 476. The molecule has 0 fully saturated rings. The first-order valence-corrected chi connectivity index (χ1v) is 5.72. The molecule has 0 bridgehead atoms. The molecule has 2 heteroatoms. The number of nitrogens with zero attached hydrogens (tertiary/aromatic N) is 2. The van der Waals surface area contributed by atoms with E-state index in [1.54, 1.807) is 0 Å². The summed E-state index contributed by atoms with van der Waals surface area (Å²) in [6, 6.07) is 10.5. The molecule has 0 saturated carbocycles. The topological polar surface area (TPSA) is 17.8 Å². The molecule has 0 unspecified atom stereocenters. The van der Waals surface area contributed by atoms with Gasteiger partial charge in [0.1, 0.15) is 5.82 Å². The lowest BCUT2D eigenvalue weighted by Crippen LogP contribution is -2.04. The Morgan fingerprint density at radius 3 is 2.19 bits per heavy atom. The van der Waals surface area contributed by atoms with Crippen LogP contribution < -0.4 is 0 Å². The summed E-state index contributed by atoms with van der Waals surface area (Å²) in [4.78, 5) is 4.70. The molecule has 0 aliphatic carbocycles. The van der Waals surface area contributed by atoms with Crippen molar-refractivity contribution in [3.05, 3.63) is 47.4 Å². The normalized spacial score (nSPS) is 11.1. The SMILES string of the molecule is Cc1ccc(C)n1-c1cccc(C(C)C)n1. The molecule has 16 heavy (non-hydrogen) atoms. The summed E-state index contributed by atoms with van der Waals surface area (Å²) in [5, 5.41) is 0. The van der Waals surface area contributed by atoms with E-state index in [2.05, 4.69) is 62.6 Å². The predicted molar refractivity (Wildman–Crippen MR) is 67.1 cm³/mol. The lowest BCUT2D eigenvalue weighted by Gasteiger charge is -2.11. The van der Waals surface area contributed by atoms with E-state index in [-0.39, 0.29) is 0 Å². The molecule has 2 aromatic heterocycles. The average molecular weight is 214 g/mol. The number of aryl methyl sites for hydroxylation is 2. The van der Waals surface area contributed by atoms with Crippen LogP contribution in [0.1, 0.15) is 36.8 Å². The van der Waals surface area contributed by atoms with Crippen molar-refractivity contribution in [1.82, 2.24) is 9.55 Å². The first-order chi connectivity index (χ1) is 7.59. The van der Waals surface area contributed by atoms with Gasteiger partial charge in [-0.1, -0.05) is 19.9 Å². The minimum absolute atomic E-state index is 0.469. The van der Waals surface area contributed by atoms with Crippen molar-refractivity contribution in [2.75, 3.05) is 0 Å². The van der Waals surface area contributed by atoms with E-state index in [0.717, 1.165) is 11.5 Å². The molecular weight excluding hydrogens is 196 g/mol. The summed E-state index contributed by atoms with van der Waals surface area (Å²) >= 11 is 0. The maximum Gasteiger partial charge on any atom is 0.137 e. The van der Waals surface area contributed by atoms with E-state index in [0.29, 0.717) is 5.92 Å². The number of aromatic nitrogens is 2. The fourth-order valence-electron chi connectivity index (χ4n) is 1.92. The van der Waals surface area contributed by atoms with Crippen LogP contribution in [0.15, 0.2) is 30.3 Å². The number of hydrogen-bond donors (Lipinski definition) is 0. The van der Waals surface area contributed by atoms with Crippen molar-refractivity contribution in [3.63, 3.8) is 0 Å². The number of pyridine rings is 1. The molecule has 0 radical (unpaired) electrons. The van der Waals surface area contributed by atoms with Crippen LogP contribution in [0.2, 0.25) is 0 Å². The lowest BCUT2D eigenvalue weighted by molar-refractivity contribution is 0.802. The van der Waals surface area contributed by atoms with Gasteiger partial charge in [0.05, 0.1) is 0 Å². The van der Waals surface area contributed by atoms with Crippen LogP contribution in [0, 0.1) is 13.8 Å². The van der Waals surface area contributed by atoms with Gasteiger partial charge in [0.25, 0.3) is 0 Å². The fraction of sp³-hybridized carbons (Fsp3) is 0.357. The minimum Gasteiger partial charge on any atom is -0.303 e. The average Bonchev–Trinajstić information content (AvgIpc) is 2.59. The van der Waals surface area contributed by atoms with Gasteiger partial charge in [0.2, 0.25) is 0 Å². The van der Waals surface area contributed by atoms with Crippen molar-refractivity contribution in [2.24, 2.45) is 0 Å². The van der Waals surface area contributed by atoms with Crippen LogP contribution in [0.3, 0.4) is 0 Å². The maximum absolute atomic E-state index is 4.70. The van der Waals surface area contributed by atoms with E-state index >= 15 is 0 Å². The van der Waals surface area contributed by atoms with Crippen LogP contribution in [-0.4, -0.2) is 9.55 Å². The summed E-state index contributed by atoms with van der Waals surface area (Å²) in [7, 11) is 0. The quantitative estimate of drug-likeness (QED) is 0.746. The Hall–Kier alpha value is -1.57. The maximum atomic E-state index is 4.70. The van der Waals surface area contributed by atoms with E-state index in [4.69, 9.17) is 4.98 Å². The highest BCUT2D eigenvalue weighted by Gasteiger charge is 2.07. The Morgan fingerprint density at radius 2 is 1.62 bits per heavy atom. The molecule has 2 nitrogen and oxygen atoms in total.